The van der Waals surface area contributed by atoms with Crippen molar-refractivity contribution in [2.45, 2.75) is 49.0 Å². The van der Waals surface area contributed by atoms with E-state index < -0.39 is 40.3 Å². The van der Waals surface area contributed by atoms with Crippen LogP contribution in [0.1, 0.15) is 49.9 Å². The SMILES string of the molecule is CC(C)(OOC(C)(C)C([SiH2]c1cccc2ccccc12)(c1ccccc1)c1ccccc1)C([SiH2]c1cccc2ccccc12)(c1ccccc1)c1ccccc1. The summed E-state index contributed by atoms with van der Waals surface area (Å²) >= 11 is 0. The van der Waals surface area contributed by atoms with Crippen LogP contribution in [0.25, 0.3) is 21.5 Å². The molecule has 0 bridgehead atoms. The van der Waals surface area contributed by atoms with Gasteiger partial charge in [0.25, 0.3) is 0 Å². The monoisotopic (exact) mass is 762 g/mol. The number of hydrogen-bond acceptors (Lipinski definition) is 2. The second-order valence-corrected chi connectivity index (χ2v) is 20.4. The summed E-state index contributed by atoms with van der Waals surface area (Å²) in [7, 11) is -2.39. The quantitative estimate of drug-likeness (QED) is 0.0662. The van der Waals surface area contributed by atoms with Gasteiger partial charge in [-0.1, -0.05) is 217 Å². The number of fused-ring (bicyclic) bond motifs is 2. The standard InChI is InChI=1S/C52H50O2Si2/c1-49(2,51(41-27-9-5-10-28-41,42-29-11-6-12-30-42)55-47-37-21-25-39-23-17-19-35-45(39)47)53-54-50(3,4)52(43-31-13-7-14-32-43,44-33-15-8-16-34-44)56-48-38-22-26-40-24-18-20-36-46(40)48/h5-38H,55-56H2,1-4H3. The summed E-state index contributed by atoms with van der Waals surface area (Å²) in [5.41, 5.74) is 3.32. The first-order valence-corrected chi connectivity index (χ1v) is 22.6. The molecule has 0 fully saturated rings. The Hall–Kier alpha value is -5.37. The van der Waals surface area contributed by atoms with Gasteiger partial charge in [-0.2, -0.15) is 0 Å². The summed E-state index contributed by atoms with van der Waals surface area (Å²) in [4.78, 5) is 14.6. The topological polar surface area (TPSA) is 18.5 Å². The first-order chi connectivity index (χ1) is 27.3. The van der Waals surface area contributed by atoms with E-state index >= 15 is 0 Å². The molecule has 0 aliphatic heterocycles. The van der Waals surface area contributed by atoms with Gasteiger partial charge in [0, 0.05) is 10.1 Å². The second-order valence-electron chi connectivity index (χ2n) is 16.1. The van der Waals surface area contributed by atoms with Crippen LogP contribution in [0.2, 0.25) is 0 Å². The Morgan fingerprint density at radius 3 is 0.893 bits per heavy atom. The van der Waals surface area contributed by atoms with Crippen LogP contribution in [0.5, 0.6) is 0 Å². The summed E-state index contributed by atoms with van der Waals surface area (Å²) < 4.78 is 0. The van der Waals surface area contributed by atoms with Gasteiger partial charge in [-0.15, -0.1) is 0 Å². The molecule has 8 aromatic rings. The molecular weight excluding hydrogens is 713 g/mol. The van der Waals surface area contributed by atoms with Gasteiger partial charge in [0.05, 0.1) is 19.0 Å². The van der Waals surface area contributed by atoms with E-state index in [1.54, 1.807) is 0 Å². The summed E-state index contributed by atoms with van der Waals surface area (Å²) in [5, 5.41) is 6.92. The first kappa shape index (κ1) is 37.6. The molecule has 0 amide bonds. The van der Waals surface area contributed by atoms with E-state index in [0.717, 1.165) is 0 Å². The van der Waals surface area contributed by atoms with Crippen LogP contribution in [0, 0.1) is 0 Å². The summed E-state index contributed by atoms with van der Waals surface area (Å²) in [6.45, 7) is 8.98. The lowest BCUT2D eigenvalue weighted by Gasteiger charge is -2.51. The Bertz CT molecular complexity index is 2260. The minimum Gasteiger partial charge on any atom is -0.229 e. The highest BCUT2D eigenvalue weighted by atomic mass is 28.2. The zero-order valence-electron chi connectivity index (χ0n) is 32.9. The molecule has 8 aromatic carbocycles. The molecular formula is C52H50O2Si2. The first-order valence-electron chi connectivity index (χ1n) is 19.8. The minimum absolute atomic E-state index is 0.509. The summed E-state index contributed by atoms with van der Waals surface area (Å²) in [6.07, 6.45) is 0. The lowest BCUT2D eigenvalue weighted by molar-refractivity contribution is -0.411. The number of rotatable bonds is 13. The predicted octanol–water partition coefficient (Wildman–Crippen LogP) is 9.67. The fourth-order valence-electron chi connectivity index (χ4n) is 9.26. The lowest BCUT2D eigenvalue weighted by atomic mass is 9.77. The second kappa shape index (κ2) is 15.6. The van der Waals surface area contributed by atoms with Crippen molar-refractivity contribution < 1.29 is 9.78 Å². The summed E-state index contributed by atoms with van der Waals surface area (Å²) in [6, 6.07) is 75.1. The van der Waals surface area contributed by atoms with Gasteiger partial charge in [0.15, 0.2) is 0 Å². The molecule has 278 valence electrons. The Morgan fingerprint density at radius 1 is 0.304 bits per heavy atom. The van der Waals surface area contributed by atoms with Crippen molar-refractivity contribution in [2.24, 2.45) is 0 Å². The van der Waals surface area contributed by atoms with Crippen molar-refractivity contribution in [3.8, 4) is 0 Å². The molecule has 0 aliphatic carbocycles. The van der Waals surface area contributed by atoms with Gasteiger partial charge in [0.1, 0.15) is 11.2 Å². The Kier molecular flexibility index (Phi) is 10.5. The predicted molar refractivity (Wildman–Crippen MR) is 242 cm³/mol. The van der Waals surface area contributed by atoms with E-state index in [0.29, 0.717) is 0 Å². The van der Waals surface area contributed by atoms with Gasteiger partial charge in [-0.05, 0) is 71.5 Å². The maximum Gasteiger partial charge on any atom is 0.109 e. The molecule has 56 heavy (non-hydrogen) atoms. The van der Waals surface area contributed by atoms with Crippen molar-refractivity contribution in [3.05, 3.63) is 229 Å². The van der Waals surface area contributed by atoms with Crippen molar-refractivity contribution >= 4 is 51.0 Å². The molecule has 0 N–H and O–H groups in total. The van der Waals surface area contributed by atoms with Gasteiger partial charge in [-0.3, -0.25) is 0 Å². The van der Waals surface area contributed by atoms with Crippen LogP contribution in [0.15, 0.2) is 206 Å². The minimum atomic E-state index is -1.19. The average Bonchev–Trinajstić information content (AvgIpc) is 3.25. The third-order valence-corrected chi connectivity index (χ3v) is 18.6. The molecule has 2 nitrogen and oxygen atoms in total. The Balaban J connectivity index is 1.30. The fourth-order valence-corrected chi connectivity index (χ4v) is 14.7. The smallest absolute Gasteiger partial charge is 0.109 e. The highest BCUT2D eigenvalue weighted by Crippen LogP contribution is 2.48. The molecule has 0 saturated heterocycles. The highest BCUT2D eigenvalue weighted by Gasteiger charge is 2.54. The summed E-state index contributed by atoms with van der Waals surface area (Å²) in [5.74, 6) is 0. The van der Waals surface area contributed by atoms with Crippen LogP contribution in [0.4, 0.5) is 0 Å². The molecule has 0 saturated carbocycles. The Morgan fingerprint density at radius 2 is 0.571 bits per heavy atom. The van der Waals surface area contributed by atoms with Crippen molar-refractivity contribution in [1.82, 2.24) is 0 Å². The van der Waals surface area contributed by atoms with Crippen LogP contribution in [-0.2, 0) is 19.9 Å². The van der Waals surface area contributed by atoms with Gasteiger partial charge in [-0.25, -0.2) is 9.78 Å². The van der Waals surface area contributed by atoms with E-state index in [-0.39, 0.29) is 0 Å². The zero-order valence-corrected chi connectivity index (χ0v) is 35.7. The Labute approximate surface area is 336 Å². The van der Waals surface area contributed by atoms with Crippen LogP contribution < -0.4 is 10.4 Å². The number of hydrogen-bond donors (Lipinski definition) is 0. The van der Waals surface area contributed by atoms with E-state index in [1.165, 1.54) is 54.2 Å². The maximum atomic E-state index is 7.28. The fraction of sp³-hybridized carbons (Fsp3) is 0.154. The van der Waals surface area contributed by atoms with E-state index in [1.807, 2.05) is 0 Å². The molecule has 0 spiro atoms. The zero-order chi connectivity index (χ0) is 38.6. The average molecular weight is 763 g/mol. The van der Waals surface area contributed by atoms with E-state index in [4.69, 9.17) is 9.78 Å². The maximum absolute atomic E-state index is 7.28. The molecule has 0 atom stereocenters. The third kappa shape index (κ3) is 6.77. The van der Waals surface area contributed by atoms with E-state index in [2.05, 4.69) is 234 Å². The van der Waals surface area contributed by atoms with Crippen molar-refractivity contribution in [2.75, 3.05) is 0 Å². The molecule has 0 radical (unpaired) electrons. The largest absolute Gasteiger partial charge is 0.229 e. The molecule has 0 aliphatic rings. The highest BCUT2D eigenvalue weighted by molar-refractivity contribution is 6.62. The van der Waals surface area contributed by atoms with E-state index in [9.17, 15) is 0 Å². The lowest BCUT2D eigenvalue weighted by Crippen LogP contribution is -2.61. The van der Waals surface area contributed by atoms with Crippen LogP contribution in [-0.4, -0.2) is 30.2 Å². The van der Waals surface area contributed by atoms with Crippen molar-refractivity contribution in [3.63, 3.8) is 0 Å². The van der Waals surface area contributed by atoms with Crippen LogP contribution >= 0.6 is 0 Å². The molecule has 0 aromatic heterocycles. The molecule has 0 unspecified atom stereocenters. The van der Waals surface area contributed by atoms with Gasteiger partial charge >= 0.3 is 0 Å². The molecule has 4 heteroatoms. The van der Waals surface area contributed by atoms with Crippen molar-refractivity contribution in [1.29, 1.82) is 0 Å². The molecule has 0 heterocycles. The molecule has 8 rings (SSSR count). The third-order valence-electron chi connectivity index (χ3n) is 12.3. The van der Waals surface area contributed by atoms with Gasteiger partial charge < -0.3 is 0 Å². The normalized spacial score (nSPS) is 13.0. The van der Waals surface area contributed by atoms with Crippen LogP contribution in [0.3, 0.4) is 0 Å². The van der Waals surface area contributed by atoms with Gasteiger partial charge in [0.2, 0.25) is 0 Å². The number of benzene rings is 8.